The molecule has 0 saturated carbocycles. The summed E-state index contributed by atoms with van der Waals surface area (Å²) in [6.45, 7) is 8.95. The maximum absolute atomic E-state index is 13.0. The molecule has 0 radical (unpaired) electrons. The molecule has 0 saturated heterocycles. The molecule has 0 N–H and O–H groups in total. The van der Waals surface area contributed by atoms with E-state index in [1.54, 1.807) is 0 Å². The van der Waals surface area contributed by atoms with E-state index in [0.717, 1.165) is 100 Å². The molecule has 0 spiro atoms. The van der Waals surface area contributed by atoms with Gasteiger partial charge in [-0.1, -0.05) is 255 Å². The van der Waals surface area contributed by atoms with Crippen molar-refractivity contribution in [2.24, 2.45) is 0 Å². The predicted molar refractivity (Wildman–Crippen MR) is 357 cm³/mol. The molecule has 85 heavy (non-hydrogen) atoms. The van der Waals surface area contributed by atoms with Crippen molar-refractivity contribution in [3.63, 3.8) is 0 Å². The van der Waals surface area contributed by atoms with Gasteiger partial charge in [-0.15, -0.1) is 0 Å². The second-order valence-corrected chi connectivity index (χ2v) is 37.6. The Morgan fingerprint density at radius 1 is 0.294 bits per heavy atom. The second-order valence-electron chi connectivity index (χ2n) is 22.3. The fourth-order valence-corrected chi connectivity index (χ4v) is 20.2. The van der Waals surface area contributed by atoms with Crippen LogP contribution in [0, 0.1) is 0 Å². The van der Waals surface area contributed by atoms with Crippen LogP contribution < -0.4 is 38.5 Å². The van der Waals surface area contributed by atoms with Gasteiger partial charge in [-0.05, 0) is 99.9 Å². The van der Waals surface area contributed by atoms with Gasteiger partial charge in [-0.2, -0.15) is 0 Å². The average Bonchev–Trinajstić information content (AvgIpc) is 3.50. The summed E-state index contributed by atoms with van der Waals surface area (Å²) in [7, 11) is -2.01. The molecule has 8 nitrogen and oxygen atoms in total. The molecule has 4 aromatic carbocycles. The van der Waals surface area contributed by atoms with Crippen LogP contribution in [-0.2, 0) is 103 Å². The standard InChI is InChI=1S/2C34H54O4PS2.3Zn/c2*1-3-5-7-9-11-13-17-27-33(37-31-23-19-15-20-24-31)29-41(39(35,36)40)30-34(38-32-25-21-16-22-26-32)28-18-14-12-10-8-6-4-2;;;/h2*15-16,19-26,33-34H,3-14,17-18,27-30H2,1-2H3;;;/q2*-3;3*+2. The minimum absolute atomic E-state index is 0. The smallest absolute Gasteiger partial charge is 0.854 e. The van der Waals surface area contributed by atoms with Crippen LogP contribution in [0.3, 0.4) is 0 Å². The maximum atomic E-state index is 13.0. The molecule has 0 aliphatic heterocycles. The Labute approximate surface area is 572 Å². The molecule has 0 aliphatic rings. The Bertz CT molecular complexity index is 1930. The summed E-state index contributed by atoms with van der Waals surface area (Å²) in [6, 6.07) is 39.1. The van der Waals surface area contributed by atoms with E-state index in [9.17, 15) is 19.6 Å². The van der Waals surface area contributed by atoms with Crippen molar-refractivity contribution in [3.05, 3.63) is 121 Å². The molecule has 4 unspecified atom stereocenters. The Kier molecular flexibility index (Phi) is 55.7. The van der Waals surface area contributed by atoms with E-state index in [0.29, 0.717) is 23.0 Å². The van der Waals surface area contributed by atoms with Crippen LogP contribution in [0.5, 0.6) is 23.0 Å². The van der Waals surface area contributed by atoms with E-state index in [1.807, 2.05) is 121 Å². The monoisotopic (exact) mass is 1430 g/mol. The van der Waals surface area contributed by atoms with Gasteiger partial charge in [0.2, 0.25) is 0 Å². The normalized spacial score (nSPS) is 13.5. The van der Waals surface area contributed by atoms with Gasteiger partial charge in [0.15, 0.2) is 0 Å². The number of benzene rings is 4. The molecule has 468 valence electrons. The van der Waals surface area contributed by atoms with Crippen molar-refractivity contribution in [1.29, 1.82) is 0 Å². The van der Waals surface area contributed by atoms with Gasteiger partial charge in [0.05, 0.1) is 0 Å². The zero-order valence-corrected chi connectivity index (χ0v) is 67.2. The van der Waals surface area contributed by atoms with Crippen molar-refractivity contribution in [2.75, 3.05) is 23.0 Å². The number of unbranched alkanes of at least 4 members (excludes halogenated alkanes) is 24. The van der Waals surface area contributed by atoms with Crippen LogP contribution in [0.2, 0.25) is 0 Å². The molecule has 0 aromatic heterocycles. The minimum Gasteiger partial charge on any atom is -0.854 e. The molecule has 0 fully saturated rings. The van der Waals surface area contributed by atoms with E-state index in [1.165, 1.54) is 128 Å². The molecule has 0 amide bonds. The van der Waals surface area contributed by atoms with Crippen LogP contribution in [0.4, 0.5) is 0 Å². The van der Waals surface area contributed by atoms with Crippen LogP contribution in [0.25, 0.3) is 0 Å². The number of hydrogen-bond acceptors (Lipinski definition) is 10. The molecular weight excluding hydrogens is 1330 g/mol. The van der Waals surface area contributed by atoms with Crippen molar-refractivity contribution in [1.82, 2.24) is 0 Å². The summed E-state index contributed by atoms with van der Waals surface area (Å²) in [5.41, 5.74) is -8.01. The Morgan fingerprint density at radius 2 is 0.459 bits per heavy atom. The Hall–Kier alpha value is 0.0501. The van der Waals surface area contributed by atoms with Gasteiger partial charge < -0.3 is 74.4 Å². The molecule has 0 aliphatic carbocycles. The van der Waals surface area contributed by atoms with Crippen molar-refractivity contribution in [3.8, 4) is 23.0 Å². The predicted octanol–water partition coefficient (Wildman–Crippen LogP) is 17.4. The second kappa shape index (κ2) is 55.7. The first kappa shape index (κ1) is 85.1. The summed E-state index contributed by atoms with van der Waals surface area (Å²) in [4.78, 5) is 52.0. The van der Waals surface area contributed by atoms with Gasteiger partial charge in [0.1, 0.15) is 47.4 Å². The topological polar surface area (TPSA) is 129 Å². The van der Waals surface area contributed by atoms with Gasteiger partial charge >= 0.3 is 58.4 Å². The first-order valence-corrected chi connectivity index (χ1v) is 41.7. The minimum atomic E-state index is -4.01. The maximum Gasteiger partial charge on any atom is 2.00 e. The number of ether oxygens (including phenoxy) is 4. The molecule has 4 atom stereocenters. The first-order chi connectivity index (χ1) is 39.8. The Morgan fingerprint density at radius 3 is 0.624 bits per heavy atom. The van der Waals surface area contributed by atoms with E-state index in [-0.39, 0.29) is 82.8 Å². The van der Waals surface area contributed by atoms with E-state index >= 15 is 0 Å². The summed E-state index contributed by atoms with van der Waals surface area (Å²) >= 11 is 10.3. The fourth-order valence-electron chi connectivity index (χ4n) is 10.1. The zero-order chi connectivity index (χ0) is 59.2. The van der Waals surface area contributed by atoms with Gasteiger partial charge in [0, 0.05) is 23.0 Å². The molecule has 4 aromatic rings. The average molecular weight is 1440 g/mol. The zero-order valence-electron chi connectivity index (χ0n) is 53.2. The molecular formula is C68H108O8P2S4Zn3. The fraction of sp³-hybridized carbons (Fsp3) is 0.647. The molecule has 0 heterocycles. The molecule has 0 bridgehead atoms. The van der Waals surface area contributed by atoms with Crippen LogP contribution in [0.15, 0.2) is 121 Å². The summed E-state index contributed by atoms with van der Waals surface area (Å²) < 4.78 is 25.6. The number of hydrogen-bond donors (Lipinski definition) is 0. The van der Waals surface area contributed by atoms with Crippen molar-refractivity contribution in [2.45, 2.75) is 258 Å². The largest absolute Gasteiger partial charge is 2.00 e. The van der Waals surface area contributed by atoms with Gasteiger partial charge in [-0.25, -0.2) is 20.1 Å². The number of para-hydroxylation sites is 4. The van der Waals surface area contributed by atoms with Crippen LogP contribution in [0.1, 0.15) is 233 Å². The van der Waals surface area contributed by atoms with Gasteiger partial charge in [-0.3, -0.25) is 0 Å². The summed E-state index contributed by atoms with van der Waals surface area (Å²) in [5, 5.41) is 0. The third-order valence-electron chi connectivity index (χ3n) is 14.8. The van der Waals surface area contributed by atoms with Crippen molar-refractivity contribution < 1.29 is 97.0 Å². The van der Waals surface area contributed by atoms with Gasteiger partial charge in [0.25, 0.3) is 0 Å². The SMILES string of the molecule is CCCCCCCCCC(CS(CC(CCCCCCCCC)Oc1ccccc1)=P([O-])([O-])[S-])Oc1ccccc1.CCCCCCCCCC(CS(CC(CCCCCCCCC)Oc1ccccc1)=P([O-])([O-])[S-])Oc1ccccc1.[Zn+2].[Zn+2].[Zn+2]. The van der Waals surface area contributed by atoms with E-state index in [4.69, 9.17) is 43.4 Å². The van der Waals surface area contributed by atoms with Crippen molar-refractivity contribution >= 4 is 56.0 Å². The summed E-state index contributed by atoms with van der Waals surface area (Å²) in [6.07, 6.45) is 36.6. The van der Waals surface area contributed by atoms with Crippen LogP contribution in [-0.4, -0.2) is 47.4 Å². The quantitative estimate of drug-likeness (QED) is 0.0182. The third kappa shape index (κ3) is 45.1. The van der Waals surface area contributed by atoms with E-state index < -0.39 is 31.5 Å². The first-order valence-electron chi connectivity index (χ1n) is 32.1. The number of rotatable bonds is 48. The molecule has 4 rings (SSSR count). The summed E-state index contributed by atoms with van der Waals surface area (Å²) in [5.74, 6) is 4.87. The van der Waals surface area contributed by atoms with Crippen LogP contribution >= 0.6 is 11.4 Å². The van der Waals surface area contributed by atoms with E-state index in [2.05, 4.69) is 27.7 Å². The Balaban J connectivity index is 0.00000160. The third-order valence-corrected chi connectivity index (χ3v) is 28.5. The molecule has 17 heteroatoms.